The van der Waals surface area contributed by atoms with E-state index < -0.39 is 0 Å². The van der Waals surface area contributed by atoms with Crippen LogP contribution in [0.2, 0.25) is 0 Å². The molecule has 0 spiro atoms. The third-order valence-corrected chi connectivity index (χ3v) is 4.86. The van der Waals surface area contributed by atoms with Crippen LogP contribution in [0.3, 0.4) is 0 Å². The van der Waals surface area contributed by atoms with Gasteiger partial charge in [-0.05, 0) is 25.0 Å². The smallest absolute Gasteiger partial charge is 0.226 e. The van der Waals surface area contributed by atoms with Crippen LogP contribution in [-0.4, -0.2) is 40.3 Å². The van der Waals surface area contributed by atoms with Crippen molar-refractivity contribution < 1.29 is 9.59 Å². The molecule has 2 fully saturated rings. The second-order valence-corrected chi connectivity index (χ2v) is 6.66. The molecular weight excluding hydrogens is 290 g/mol. The van der Waals surface area contributed by atoms with Crippen molar-refractivity contribution in [3.8, 4) is 0 Å². The molecule has 2 heterocycles. The highest BCUT2D eigenvalue weighted by Gasteiger charge is 2.34. The largest absolute Gasteiger partial charge is 0.351 e. The van der Waals surface area contributed by atoms with E-state index >= 15 is 0 Å². The third kappa shape index (κ3) is 4.30. The Morgan fingerprint density at radius 1 is 1.22 bits per heavy atom. The van der Waals surface area contributed by atoms with E-state index in [-0.39, 0.29) is 24.3 Å². The minimum atomic E-state index is -0.0537. The summed E-state index contributed by atoms with van der Waals surface area (Å²) in [5, 5.41) is 3.00. The zero-order valence-electron chi connectivity index (χ0n) is 13.5. The van der Waals surface area contributed by atoms with Crippen LogP contribution in [0.4, 0.5) is 0 Å². The maximum Gasteiger partial charge on any atom is 0.226 e. The minimum absolute atomic E-state index is 0.0517. The molecule has 0 radical (unpaired) electrons. The zero-order valence-corrected chi connectivity index (χ0v) is 13.5. The standard InChI is InChI=1S/C18H25N3O2/c22-17(11-14-7-5-6-10-19-14)20-15-12-18(23)21(13-15)16-8-3-1-2-4-9-16/h5-7,10,15-16H,1-4,8-9,11-13H2,(H,20,22). The SMILES string of the molecule is O=C(Cc1ccccn1)NC1CC(=O)N(C2CCCCCC2)C1. The molecule has 1 saturated heterocycles. The predicted octanol–water partition coefficient (Wildman–Crippen LogP) is 2.06. The molecule has 1 saturated carbocycles. The van der Waals surface area contributed by atoms with Crippen LogP contribution in [0.15, 0.2) is 24.4 Å². The van der Waals surface area contributed by atoms with Crippen molar-refractivity contribution in [2.45, 2.75) is 63.5 Å². The summed E-state index contributed by atoms with van der Waals surface area (Å²) in [5.74, 6) is 0.143. The first-order valence-electron chi connectivity index (χ1n) is 8.71. The lowest BCUT2D eigenvalue weighted by atomic mass is 10.1. The van der Waals surface area contributed by atoms with Gasteiger partial charge >= 0.3 is 0 Å². The Morgan fingerprint density at radius 2 is 2.00 bits per heavy atom. The number of likely N-dealkylation sites (tertiary alicyclic amines) is 1. The van der Waals surface area contributed by atoms with E-state index in [0.29, 0.717) is 19.0 Å². The fraction of sp³-hybridized carbons (Fsp3) is 0.611. The molecule has 1 aromatic heterocycles. The van der Waals surface area contributed by atoms with Crippen molar-refractivity contribution in [2.75, 3.05) is 6.54 Å². The maximum atomic E-state index is 12.3. The average molecular weight is 315 g/mol. The minimum Gasteiger partial charge on any atom is -0.351 e. The van der Waals surface area contributed by atoms with Crippen molar-refractivity contribution in [3.63, 3.8) is 0 Å². The Bertz CT molecular complexity index is 538. The Morgan fingerprint density at radius 3 is 2.70 bits per heavy atom. The third-order valence-electron chi connectivity index (χ3n) is 4.86. The highest BCUT2D eigenvalue weighted by atomic mass is 16.2. The lowest BCUT2D eigenvalue weighted by Crippen LogP contribution is -2.41. The molecule has 1 unspecified atom stereocenters. The Labute approximate surface area is 137 Å². The predicted molar refractivity (Wildman–Crippen MR) is 87.7 cm³/mol. The first kappa shape index (κ1) is 16.0. The van der Waals surface area contributed by atoms with E-state index in [1.165, 1.54) is 25.7 Å². The molecule has 1 atom stereocenters. The average Bonchev–Trinajstić information content (AvgIpc) is 2.76. The number of rotatable bonds is 4. The molecular formula is C18H25N3O2. The fourth-order valence-corrected chi connectivity index (χ4v) is 3.70. The molecule has 23 heavy (non-hydrogen) atoms. The number of pyridine rings is 1. The van der Waals surface area contributed by atoms with E-state index in [2.05, 4.69) is 10.3 Å². The molecule has 0 aromatic carbocycles. The highest BCUT2D eigenvalue weighted by molar-refractivity contribution is 5.83. The van der Waals surface area contributed by atoms with Crippen molar-refractivity contribution in [1.82, 2.24) is 15.2 Å². The van der Waals surface area contributed by atoms with Crippen LogP contribution in [0.5, 0.6) is 0 Å². The van der Waals surface area contributed by atoms with Crippen LogP contribution in [-0.2, 0) is 16.0 Å². The molecule has 2 aliphatic rings. The van der Waals surface area contributed by atoms with E-state index in [1.54, 1.807) is 6.20 Å². The maximum absolute atomic E-state index is 12.3. The van der Waals surface area contributed by atoms with Gasteiger partial charge in [-0.2, -0.15) is 0 Å². The first-order chi connectivity index (χ1) is 11.2. The number of nitrogens with one attached hydrogen (secondary N) is 1. The Balaban J connectivity index is 1.51. The van der Waals surface area contributed by atoms with Gasteiger partial charge in [0.15, 0.2) is 0 Å². The van der Waals surface area contributed by atoms with E-state index in [4.69, 9.17) is 0 Å². The Hall–Kier alpha value is -1.91. The number of aromatic nitrogens is 1. The van der Waals surface area contributed by atoms with Gasteiger partial charge in [0.25, 0.3) is 0 Å². The van der Waals surface area contributed by atoms with Gasteiger partial charge in [-0.25, -0.2) is 0 Å². The summed E-state index contributed by atoms with van der Waals surface area (Å²) < 4.78 is 0. The van der Waals surface area contributed by atoms with Gasteiger partial charge < -0.3 is 10.2 Å². The van der Waals surface area contributed by atoms with E-state index in [1.807, 2.05) is 23.1 Å². The fourth-order valence-electron chi connectivity index (χ4n) is 3.70. The van der Waals surface area contributed by atoms with Gasteiger partial charge in [-0.1, -0.05) is 31.7 Å². The van der Waals surface area contributed by atoms with Crippen LogP contribution < -0.4 is 5.32 Å². The van der Waals surface area contributed by atoms with Crippen LogP contribution >= 0.6 is 0 Å². The highest BCUT2D eigenvalue weighted by Crippen LogP contribution is 2.25. The van der Waals surface area contributed by atoms with Gasteiger partial charge in [0.1, 0.15) is 0 Å². The summed E-state index contributed by atoms with van der Waals surface area (Å²) in [6.07, 6.45) is 9.61. The van der Waals surface area contributed by atoms with Gasteiger partial charge in [-0.3, -0.25) is 14.6 Å². The molecule has 1 aromatic rings. The molecule has 1 aliphatic heterocycles. The number of hydrogen-bond acceptors (Lipinski definition) is 3. The van der Waals surface area contributed by atoms with Gasteiger partial charge in [0, 0.05) is 30.9 Å². The summed E-state index contributed by atoms with van der Waals surface area (Å²) in [7, 11) is 0. The summed E-state index contributed by atoms with van der Waals surface area (Å²) in [6.45, 7) is 0.664. The second-order valence-electron chi connectivity index (χ2n) is 6.66. The van der Waals surface area contributed by atoms with Crippen molar-refractivity contribution >= 4 is 11.8 Å². The number of carbonyl (C=O) groups excluding carboxylic acids is 2. The number of nitrogens with zero attached hydrogens (tertiary/aromatic N) is 2. The molecule has 3 rings (SSSR count). The molecule has 2 amide bonds. The van der Waals surface area contributed by atoms with Gasteiger partial charge in [0.2, 0.25) is 11.8 Å². The lowest BCUT2D eigenvalue weighted by molar-refractivity contribution is -0.129. The van der Waals surface area contributed by atoms with E-state index in [0.717, 1.165) is 18.5 Å². The summed E-state index contributed by atoms with van der Waals surface area (Å²) >= 11 is 0. The topological polar surface area (TPSA) is 62.3 Å². The Kier molecular flexibility index (Phi) is 5.26. The van der Waals surface area contributed by atoms with Crippen LogP contribution in [0.25, 0.3) is 0 Å². The first-order valence-corrected chi connectivity index (χ1v) is 8.71. The summed E-state index contributed by atoms with van der Waals surface area (Å²) in [5.41, 5.74) is 0.759. The van der Waals surface area contributed by atoms with Gasteiger partial charge in [-0.15, -0.1) is 0 Å². The number of amides is 2. The molecule has 1 aliphatic carbocycles. The van der Waals surface area contributed by atoms with E-state index in [9.17, 15) is 9.59 Å². The second kappa shape index (κ2) is 7.57. The van der Waals surface area contributed by atoms with Gasteiger partial charge in [0.05, 0.1) is 12.5 Å². The molecule has 5 heteroatoms. The number of hydrogen-bond donors (Lipinski definition) is 1. The summed E-state index contributed by atoms with van der Waals surface area (Å²) in [4.78, 5) is 30.6. The lowest BCUT2D eigenvalue weighted by Gasteiger charge is -2.27. The molecule has 0 bridgehead atoms. The molecule has 5 nitrogen and oxygen atoms in total. The van der Waals surface area contributed by atoms with Crippen LogP contribution in [0.1, 0.15) is 50.6 Å². The quantitative estimate of drug-likeness (QED) is 0.865. The monoisotopic (exact) mass is 315 g/mol. The molecule has 1 N–H and O–H groups in total. The number of carbonyl (C=O) groups is 2. The van der Waals surface area contributed by atoms with Crippen molar-refractivity contribution in [1.29, 1.82) is 0 Å². The van der Waals surface area contributed by atoms with Crippen molar-refractivity contribution in [3.05, 3.63) is 30.1 Å². The zero-order chi connectivity index (χ0) is 16.1. The normalized spacial score (nSPS) is 22.9. The molecule has 124 valence electrons. The van der Waals surface area contributed by atoms with Crippen molar-refractivity contribution in [2.24, 2.45) is 0 Å². The van der Waals surface area contributed by atoms with Crippen LogP contribution in [0, 0.1) is 0 Å². The summed E-state index contributed by atoms with van der Waals surface area (Å²) in [6, 6.07) is 5.88.